The molecule has 0 spiro atoms. The van der Waals surface area contributed by atoms with Gasteiger partial charge >= 0.3 is 5.97 Å². The van der Waals surface area contributed by atoms with E-state index in [4.69, 9.17) is 0 Å². The van der Waals surface area contributed by atoms with Crippen LogP contribution in [0.3, 0.4) is 0 Å². The van der Waals surface area contributed by atoms with Crippen LogP contribution in [0.5, 0.6) is 5.75 Å². The third kappa shape index (κ3) is 1.76. The van der Waals surface area contributed by atoms with Gasteiger partial charge in [-0.3, -0.25) is 0 Å². The third-order valence-electron chi connectivity index (χ3n) is 2.35. The van der Waals surface area contributed by atoms with E-state index in [1.165, 1.54) is 13.2 Å². The maximum atomic E-state index is 11.5. The van der Waals surface area contributed by atoms with Gasteiger partial charge < -0.3 is 9.84 Å². The summed E-state index contributed by atoms with van der Waals surface area (Å²) in [7, 11) is 1.29. The van der Waals surface area contributed by atoms with E-state index in [1.54, 1.807) is 12.1 Å². The minimum Gasteiger partial charge on any atom is -0.507 e. The van der Waals surface area contributed by atoms with Crippen LogP contribution in [0, 0.1) is 0 Å². The molecule has 82 valence electrons. The number of carbonyl (C=O) groups is 1. The van der Waals surface area contributed by atoms with E-state index in [0.717, 1.165) is 9.86 Å². The maximum absolute atomic E-state index is 11.5. The van der Waals surface area contributed by atoms with Crippen LogP contribution < -0.4 is 0 Å². The minimum atomic E-state index is -0.537. The van der Waals surface area contributed by atoms with Crippen molar-refractivity contribution in [2.24, 2.45) is 0 Å². The average molecular weight is 281 g/mol. The fourth-order valence-electron chi connectivity index (χ4n) is 1.61. The molecule has 0 bridgehead atoms. The molecule has 16 heavy (non-hydrogen) atoms. The largest absolute Gasteiger partial charge is 0.507 e. The Hall–Kier alpha value is -1.55. The van der Waals surface area contributed by atoms with Crippen LogP contribution in [-0.4, -0.2) is 18.2 Å². The monoisotopic (exact) mass is 280 g/mol. The fraction of sp³-hybridized carbons (Fsp3) is 0.0833. The molecule has 2 aromatic carbocycles. The molecular weight excluding hydrogens is 272 g/mol. The van der Waals surface area contributed by atoms with Gasteiger partial charge in [-0.05, 0) is 23.6 Å². The van der Waals surface area contributed by atoms with Gasteiger partial charge in [-0.15, -0.1) is 0 Å². The summed E-state index contributed by atoms with van der Waals surface area (Å²) in [4.78, 5) is 11.5. The predicted molar refractivity (Wildman–Crippen MR) is 64.7 cm³/mol. The maximum Gasteiger partial charge on any atom is 0.342 e. The first-order valence-electron chi connectivity index (χ1n) is 4.63. The molecular formula is C12H9BrO3. The zero-order chi connectivity index (χ0) is 11.7. The highest BCUT2D eigenvalue weighted by Gasteiger charge is 2.15. The van der Waals surface area contributed by atoms with Gasteiger partial charge in [0.05, 0.1) is 7.11 Å². The summed E-state index contributed by atoms with van der Waals surface area (Å²) in [5, 5.41) is 11.2. The zero-order valence-electron chi connectivity index (χ0n) is 8.53. The van der Waals surface area contributed by atoms with Crippen molar-refractivity contribution in [2.75, 3.05) is 7.11 Å². The number of ether oxygens (including phenoxy) is 1. The lowest BCUT2D eigenvalue weighted by atomic mass is 10.0. The molecule has 0 aliphatic heterocycles. The molecule has 0 aliphatic carbocycles. The molecule has 3 nitrogen and oxygen atoms in total. The summed E-state index contributed by atoms with van der Waals surface area (Å²) < 4.78 is 5.56. The van der Waals surface area contributed by atoms with Gasteiger partial charge in [0.25, 0.3) is 0 Å². The molecule has 0 amide bonds. The summed E-state index contributed by atoms with van der Waals surface area (Å²) in [5.41, 5.74) is 0.201. The highest BCUT2D eigenvalue weighted by molar-refractivity contribution is 9.10. The van der Waals surface area contributed by atoms with E-state index in [-0.39, 0.29) is 11.3 Å². The van der Waals surface area contributed by atoms with Crippen molar-refractivity contribution in [3.63, 3.8) is 0 Å². The topological polar surface area (TPSA) is 46.5 Å². The standard InChI is InChI=1S/C12H9BrO3/c1-16-12(15)11-9-4-3-8(13)6-7(9)2-5-10(11)14/h2-6,14H,1H3. The number of carbonyl (C=O) groups excluding carboxylic acids is 1. The van der Waals surface area contributed by atoms with Crippen molar-refractivity contribution in [1.29, 1.82) is 0 Å². The molecule has 0 atom stereocenters. The van der Waals surface area contributed by atoms with Gasteiger partial charge in [0.15, 0.2) is 0 Å². The van der Waals surface area contributed by atoms with E-state index >= 15 is 0 Å². The second-order valence-electron chi connectivity index (χ2n) is 3.32. The Labute approximate surface area is 101 Å². The van der Waals surface area contributed by atoms with Crippen LogP contribution in [0.15, 0.2) is 34.8 Å². The molecule has 1 N–H and O–H groups in total. The molecule has 2 rings (SSSR count). The molecule has 0 saturated heterocycles. The molecule has 2 aromatic rings. The lowest BCUT2D eigenvalue weighted by Crippen LogP contribution is -2.02. The van der Waals surface area contributed by atoms with Gasteiger partial charge in [0.1, 0.15) is 11.3 Å². The average Bonchev–Trinajstić information content (AvgIpc) is 2.28. The minimum absolute atomic E-state index is 0.0679. The highest BCUT2D eigenvalue weighted by Crippen LogP contribution is 2.29. The van der Waals surface area contributed by atoms with Crippen molar-refractivity contribution in [2.45, 2.75) is 0 Å². The first-order valence-corrected chi connectivity index (χ1v) is 5.42. The van der Waals surface area contributed by atoms with Gasteiger partial charge in [-0.25, -0.2) is 4.79 Å². The molecule has 0 radical (unpaired) electrons. The van der Waals surface area contributed by atoms with Crippen LogP contribution in [0.4, 0.5) is 0 Å². The quantitative estimate of drug-likeness (QED) is 0.817. The Bertz CT molecular complexity index is 563. The number of hydrogen-bond donors (Lipinski definition) is 1. The lowest BCUT2D eigenvalue weighted by Gasteiger charge is -2.07. The van der Waals surface area contributed by atoms with Crippen molar-refractivity contribution in [3.05, 3.63) is 40.4 Å². The third-order valence-corrected chi connectivity index (χ3v) is 2.84. The Morgan fingerprint density at radius 2 is 2.06 bits per heavy atom. The SMILES string of the molecule is COC(=O)c1c(O)ccc2cc(Br)ccc12. The Morgan fingerprint density at radius 3 is 2.75 bits per heavy atom. The number of aromatic hydroxyl groups is 1. The molecule has 0 heterocycles. The second-order valence-corrected chi connectivity index (χ2v) is 4.23. The Kier molecular flexibility index (Phi) is 2.83. The van der Waals surface area contributed by atoms with Crippen molar-refractivity contribution < 1.29 is 14.6 Å². The molecule has 0 fully saturated rings. The van der Waals surface area contributed by atoms with Gasteiger partial charge in [-0.2, -0.15) is 0 Å². The van der Waals surface area contributed by atoms with Crippen LogP contribution in [-0.2, 0) is 4.74 Å². The van der Waals surface area contributed by atoms with Gasteiger partial charge in [0, 0.05) is 9.86 Å². The fourth-order valence-corrected chi connectivity index (χ4v) is 1.98. The molecule has 0 aromatic heterocycles. The molecule has 0 aliphatic rings. The van der Waals surface area contributed by atoms with E-state index in [2.05, 4.69) is 20.7 Å². The normalized spacial score (nSPS) is 10.4. The van der Waals surface area contributed by atoms with E-state index < -0.39 is 5.97 Å². The van der Waals surface area contributed by atoms with Crippen LogP contribution in [0.2, 0.25) is 0 Å². The summed E-state index contributed by atoms with van der Waals surface area (Å²) >= 11 is 3.35. The number of esters is 1. The van der Waals surface area contributed by atoms with Crippen molar-refractivity contribution in [1.82, 2.24) is 0 Å². The second kappa shape index (κ2) is 4.14. The number of benzene rings is 2. The van der Waals surface area contributed by atoms with Crippen LogP contribution >= 0.6 is 15.9 Å². The summed E-state index contributed by atoms with van der Waals surface area (Å²) in [5.74, 6) is -0.605. The van der Waals surface area contributed by atoms with E-state index in [0.29, 0.717) is 5.39 Å². The zero-order valence-corrected chi connectivity index (χ0v) is 10.1. The first-order chi connectivity index (χ1) is 7.63. The molecule has 0 unspecified atom stereocenters. The number of hydrogen-bond acceptors (Lipinski definition) is 3. The number of rotatable bonds is 1. The summed E-state index contributed by atoms with van der Waals surface area (Å²) in [6.45, 7) is 0. The van der Waals surface area contributed by atoms with Crippen LogP contribution in [0.1, 0.15) is 10.4 Å². The number of phenolic OH excluding ortho intramolecular Hbond substituents is 1. The van der Waals surface area contributed by atoms with Crippen molar-refractivity contribution >= 4 is 32.7 Å². The van der Waals surface area contributed by atoms with Crippen molar-refractivity contribution in [3.8, 4) is 5.75 Å². The smallest absolute Gasteiger partial charge is 0.342 e. The highest BCUT2D eigenvalue weighted by atomic mass is 79.9. The number of phenols is 1. The first kappa shape index (κ1) is 11.0. The number of methoxy groups -OCH3 is 1. The number of fused-ring (bicyclic) bond motifs is 1. The Morgan fingerprint density at radius 1 is 1.31 bits per heavy atom. The molecule has 0 saturated carbocycles. The van der Waals surface area contributed by atoms with E-state index in [9.17, 15) is 9.90 Å². The summed E-state index contributed by atoms with van der Waals surface area (Å²) in [6, 6.07) is 8.70. The number of halogens is 1. The lowest BCUT2D eigenvalue weighted by molar-refractivity contribution is 0.0600. The van der Waals surface area contributed by atoms with Gasteiger partial charge in [0.2, 0.25) is 0 Å². The summed E-state index contributed by atoms with van der Waals surface area (Å²) in [6.07, 6.45) is 0. The molecule has 4 heteroatoms. The van der Waals surface area contributed by atoms with Crippen LogP contribution in [0.25, 0.3) is 10.8 Å². The van der Waals surface area contributed by atoms with E-state index in [1.807, 2.05) is 12.1 Å². The Balaban J connectivity index is 2.79. The predicted octanol–water partition coefficient (Wildman–Crippen LogP) is 3.09. The van der Waals surface area contributed by atoms with Gasteiger partial charge in [-0.1, -0.05) is 28.1 Å².